The molecular weight excluding hydrogens is 248 g/mol. The second kappa shape index (κ2) is 6.72. The van der Waals surface area contributed by atoms with Crippen LogP contribution >= 0.6 is 0 Å². The Hall–Kier alpha value is -2.12. The quantitative estimate of drug-likeness (QED) is 0.664. The van der Waals surface area contributed by atoms with Gasteiger partial charge in [0.25, 0.3) is 0 Å². The zero-order valence-corrected chi connectivity index (χ0v) is 11.4. The SMILES string of the molecule is CC(C)CC(NC(N)=O)C(=O)N(C)Cc1ncn[nH]1. The molecule has 19 heavy (non-hydrogen) atoms. The summed E-state index contributed by atoms with van der Waals surface area (Å²) < 4.78 is 0. The fourth-order valence-electron chi connectivity index (χ4n) is 1.74. The van der Waals surface area contributed by atoms with Crippen molar-refractivity contribution in [3.8, 4) is 0 Å². The van der Waals surface area contributed by atoms with Crippen LogP contribution in [0.5, 0.6) is 0 Å². The first kappa shape index (κ1) is 14.9. The molecule has 1 heterocycles. The molecule has 1 aromatic heterocycles. The third kappa shape index (κ3) is 4.94. The Bertz CT molecular complexity index is 417. The molecule has 0 radical (unpaired) electrons. The topological polar surface area (TPSA) is 117 Å². The van der Waals surface area contributed by atoms with Crippen LogP contribution in [0.1, 0.15) is 26.1 Å². The molecule has 1 unspecified atom stereocenters. The van der Waals surface area contributed by atoms with Crippen LogP contribution in [0.25, 0.3) is 0 Å². The Morgan fingerprint density at radius 3 is 2.68 bits per heavy atom. The van der Waals surface area contributed by atoms with Gasteiger partial charge in [-0.25, -0.2) is 9.78 Å². The lowest BCUT2D eigenvalue weighted by Gasteiger charge is -2.24. The van der Waals surface area contributed by atoms with Gasteiger partial charge in [0, 0.05) is 7.05 Å². The van der Waals surface area contributed by atoms with Crippen LogP contribution in [0.4, 0.5) is 4.79 Å². The zero-order valence-electron chi connectivity index (χ0n) is 11.4. The summed E-state index contributed by atoms with van der Waals surface area (Å²) in [5.74, 6) is 0.640. The van der Waals surface area contributed by atoms with Gasteiger partial charge < -0.3 is 16.0 Å². The molecule has 1 rings (SSSR count). The Labute approximate surface area is 111 Å². The minimum absolute atomic E-state index is 0.205. The smallest absolute Gasteiger partial charge is 0.312 e. The second-order valence-corrected chi connectivity index (χ2v) is 4.82. The molecule has 106 valence electrons. The van der Waals surface area contributed by atoms with Crippen molar-refractivity contribution in [2.75, 3.05) is 7.05 Å². The average molecular weight is 268 g/mol. The monoisotopic (exact) mass is 268 g/mol. The molecule has 8 heteroatoms. The summed E-state index contributed by atoms with van der Waals surface area (Å²) in [6.07, 6.45) is 1.91. The van der Waals surface area contributed by atoms with Gasteiger partial charge in [-0.1, -0.05) is 13.8 Å². The molecule has 0 bridgehead atoms. The number of primary amides is 1. The highest BCUT2D eigenvalue weighted by molar-refractivity contribution is 5.86. The van der Waals surface area contributed by atoms with Crippen molar-refractivity contribution in [2.24, 2.45) is 11.7 Å². The predicted molar refractivity (Wildman–Crippen MR) is 68.8 cm³/mol. The van der Waals surface area contributed by atoms with Crippen molar-refractivity contribution in [2.45, 2.75) is 32.9 Å². The first-order valence-electron chi connectivity index (χ1n) is 6.05. The molecule has 0 aliphatic carbocycles. The molecule has 4 N–H and O–H groups in total. The van der Waals surface area contributed by atoms with Gasteiger partial charge in [-0.3, -0.25) is 9.89 Å². The highest BCUT2D eigenvalue weighted by atomic mass is 16.2. The van der Waals surface area contributed by atoms with E-state index < -0.39 is 12.1 Å². The summed E-state index contributed by atoms with van der Waals surface area (Å²) in [6.45, 7) is 4.24. The van der Waals surface area contributed by atoms with Gasteiger partial charge in [0.1, 0.15) is 18.2 Å². The van der Waals surface area contributed by atoms with Gasteiger partial charge in [-0.15, -0.1) is 0 Å². The number of urea groups is 1. The summed E-state index contributed by atoms with van der Waals surface area (Å²) in [4.78, 5) is 28.6. The first-order chi connectivity index (χ1) is 8.90. The minimum Gasteiger partial charge on any atom is -0.352 e. The average Bonchev–Trinajstić information content (AvgIpc) is 2.78. The Morgan fingerprint density at radius 1 is 1.53 bits per heavy atom. The van der Waals surface area contributed by atoms with Crippen molar-refractivity contribution < 1.29 is 9.59 Å². The highest BCUT2D eigenvalue weighted by Crippen LogP contribution is 2.08. The number of hydrogen-bond acceptors (Lipinski definition) is 4. The molecule has 0 spiro atoms. The molecule has 0 fully saturated rings. The van der Waals surface area contributed by atoms with E-state index in [4.69, 9.17) is 5.73 Å². The first-order valence-corrected chi connectivity index (χ1v) is 6.05. The van der Waals surface area contributed by atoms with E-state index in [-0.39, 0.29) is 11.8 Å². The summed E-state index contributed by atoms with van der Waals surface area (Å²) in [5.41, 5.74) is 5.09. The molecule has 3 amide bonds. The van der Waals surface area contributed by atoms with E-state index in [0.717, 1.165) is 0 Å². The maximum absolute atomic E-state index is 12.2. The van der Waals surface area contributed by atoms with Crippen molar-refractivity contribution in [3.05, 3.63) is 12.2 Å². The number of rotatable bonds is 6. The molecule has 1 aromatic rings. The maximum Gasteiger partial charge on any atom is 0.312 e. The maximum atomic E-state index is 12.2. The third-order valence-corrected chi connectivity index (χ3v) is 2.55. The standard InChI is InChI=1S/C11H20N6O2/c1-7(2)4-8(15-11(12)19)10(18)17(3)5-9-13-6-14-16-9/h6-8H,4-5H2,1-3H3,(H3,12,15,19)(H,13,14,16). The van der Waals surface area contributed by atoms with Gasteiger partial charge in [0.05, 0.1) is 6.54 Å². The van der Waals surface area contributed by atoms with Gasteiger partial charge in [-0.2, -0.15) is 5.10 Å². The lowest BCUT2D eigenvalue weighted by atomic mass is 10.0. The van der Waals surface area contributed by atoms with Gasteiger partial charge >= 0.3 is 6.03 Å². The number of carbonyl (C=O) groups is 2. The second-order valence-electron chi connectivity index (χ2n) is 4.82. The van der Waals surface area contributed by atoms with Crippen molar-refractivity contribution in [1.29, 1.82) is 0 Å². The van der Waals surface area contributed by atoms with Gasteiger partial charge in [0.15, 0.2) is 0 Å². The third-order valence-electron chi connectivity index (χ3n) is 2.55. The van der Waals surface area contributed by atoms with Crippen molar-refractivity contribution in [3.63, 3.8) is 0 Å². The van der Waals surface area contributed by atoms with Crippen LogP contribution in [0.15, 0.2) is 6.33 Å². The summed E-state index contributed by atoms with van der Waals surface area (Å²) >= 11 is 0. The number of nitrogens with zero attached hydrogens (tertiary/aromatic N) is 3. The molecule has 0 aliphatic rings. The molecular formula is C11H20N6O2. The van der Waals surface area contributed by atoms with Gasteiger partial charge in [0.2, 0.25) is 5.91 Å². The number of amides is 3. The number of aromatic amines is 1. The van der Waals surface area contributed by atoms with Crippen LogP contribution in [-0.4, -0.2) is 45.1 Å². The lowest BCUT2D eigenvalue weighted by molar-refractivity contribution is -0.132. The van der Waals surface area contributed by atoms with E-state index in [9.17, 15) is 9.59 Å². The number of likely N-dealkylation sites (N-methyl/N-ethyl adjacent to an activating group) is 1. The van der Waals surface area contributed by atoms with Crippen LogP contribution < -0.4 is 11.1 Å². The number of aromatic nitrogens is 3. The Balaban J connectivity index is 2.66. The van der Waals surface area contributed by atoms with Crippen molar-refractivity contribution >= 4 is 11.9 Å². The normalized spacial score (nSPS) is 12.2. The van der Waals surface area contributed by atoms with E-state index in [0.29, 0.717) is 18.8 Å². The Kier molecular flexibility index (Phi) is 5.28. The minimum atomic E-state index is -0.702. The van der Waals surface area contributed by atoms with Gasteiger partial charge in [-0.05, 0) is 12.3 Å². The Morgan fingerprint density at radius 2 is 2.21 bits per heavy atom. The van der Waals surface area contributed by atoms with Crippen molar-refractivity contribution in [1.82, 2.24) is 25.4 Å². The lowest BCUT2D eigenvalue weighted by Crippen LogP contribution is -2.49. The van der Waals surface area contributed by atoms with E-state index in [1.807, 2.05) is 13.8 Å². The van der Waals surface area contributed by atoms with E-state index >= 15 is 0 Å². The number of hydrogen-bond donors (Lipinski definition) is 3. The summed E-state index contributed by atoms with van der Waals surface area (Å²) in [6, 6.07) is -1.32. The number of nitrogens with one attached hydrogen (secondary N) is 2. The molecule has 8 nitrogen and oxygen atoms in total. The zero-order chi connectivity index (χ0) is 14.4. The van der Waals surface area contributed by atoms with Crippen LogP contribution in [0.3, 0.4) is 0 Å². The molecule has 0 saturated carbocycles. The fourth-order valence-corrected chi connectivity index (χ4v) is 1.74. The predicted octanol–water partition coefficient (Wildman–Crippen LogP) is -0.154. The van der Waals surface area contributed by atoms with Crippen LogP contribution in [0, 0.1) is 5.92 Å². The largest absolute Gasteiger partial charge is 0.352 e. The summed E-state index contributed by atoms with van der Waals surface area (Å²) in [7, 11) is 1.64. The van der Waals surface area contributed by atoms with Crippen LogP contribution in [0.2, 0.25) is 0 Å². The van der Waals surface area contributed by atoms with E-state index in [2.05, 4.69) is 20.5 Å². The number of nitrogens with two attached hydrogens (primary N) is 1. The van der Waals surface area contributed by atoms with E-state index in [1.54, 1.807) is 7.05 Å². The molecule has 0 aliphatic heterocycles. The molecule has 0 aromatic carbocycles. The highest BCUT2D eigenvalue weighted by Gasteiger charge is 2.24. The number of carbonyl (C=O) groups excluding carboxylic acids is 2. The molecule has 0 saturated heterocycles. The van der Waals surface area contributed by atoms with E-state index in [1.165, 1.54) is 11.2 Å². The fraction of sp³-hybridized carbons (Fsp3) is 0.636. The van der Waals surface area contributed by atoms with Crippen LogP contribution in [-0.2, 0) is 11.3 Å². The summed E-state index contributed by atoms with van der Waals surface area (Å²) in [5, 5.41) is 8.86. The molecule has 1 atom stereocenters. The number of H-pyrrole nitrogens is 1.